The van der Waals surface area contributed by atoms with E-state index in [0.717, 1.165) is 29.5 Å². The van der Waals surface area contributed by atoms with Gasteiger partial charge in [0.25, 0.3) is 0 Å². The van der Waals surface area contributed by atoms with E-state index in [1.165, 1.54) is 4.31 Å². The van der Waals surface area contributed by atoms with Gasteiger partial charge in [-0.25, -0.2) is 12.7 Å². The number of sulfonamides is 1. The van der Waals surface area contributed by atoms with E-state index in [-0.39, 0.29) is 0 Å². The summed E-state index contributed by atoms with van der Waals surface area (Å²) in [5.41, 5.74) is 2.92. The normalized spacial score (nSPS) is 11.9. The van der Waals surface area contributed by atoms with Crippen molar-refractivity contribution in [1.82, 2.24) is 9.62 Å². The lowest BCUT2D eigenvalue weighted by Crippen LogP contribution is -2.28. The third-order valence-corrected chi connectivity index (χ3v) is 5.57. The largest absolute Gasteiger partial charge is 0.316 e. The number of allylic oxidation sites excluding steroid dienone is 1. The van der Waals surface area contributed by atoms with E-state index in [2.05, 4.69) is 11.9 Å². The van der Waals surface area contributed by atoms with Crippen molar-refractivity contribution in [2.75, 3.05) is 20.6 Å². The Morgan fingerprint density at radius 3 is 2.52 bits per heavy atom. The Balaban J connectivity index is 3.12. The molecule has 0 aromatic heterocycles. The van der Waals surface area contributed by atoms with Crippen LogP contribution in [0.15, 0.2) is 29.7 Å². The molecule has 1 aromatic carbocycles. The van der Waals surface area contributed by atoms with Crippen molar-refractivity contribution >= 4 is 10.0 Å². The van der Waals surface area contributed by atoms with Crippen molar-refractivity contribution in [1.29, 1.82) is 0 Å². The van der Waals surface area contributed by atoms with Gasteiger partial charge in [0.05, 0.1) is 4.90 Å². The first kappa shape index (κ1) is 17.9. The van der Waals surface area contributed by atoms with Crippen LogP contribution in [0.1, 0.15) is 29.5 Å². The highest BCUT2D eigenvalue weighted by Gasteiger charge is 2.23. The Kier molecular flexibility index (Phi) is 6.58. The summed E-state index contributed by atoms with van der Waals surface area (Å²) in [6.07, 6.45) is 3.41. The zero-order valence-corrected chi connectivity index (χ0v) is 14.3. The van der Waals surface area contributed by atoms with Crippen molar-refractivity contribution in [3.05, 3.63) is 41.5 Å². The summed E-state index contributed by atoms with van der Waals surface area (Å²) >= 11 is 0. The SMILES string of the molecule is C=CCCCN(C)S(=O)(=O)c1cc(CNC)c(C)cc1C. The molecule has 0 atom stereocenters. The molecule has 1 aromatic rings. The molecule has 0 spiro atoms. The molecule has 0 bridgehead atoms. The van der Waals surface area contributed by atoms with Gasteiger partial charge in [-0.1, -0.05) is 12.1 Å². The number of nitrogens with zero attached hydrogens (tertiary/aromatic N) is 1. The predicted molar refractivity (Wildman–Crippen MR) is 87.9 cm³/mol. The Hall–Kier alpha value is -1.17. The molecular formula is C16H26N2O2S. The fraction of sp³-hybridized carbons (Fsp3) is 0.500. The maximum Gasteiger partial charge on any atom is 0.243 e. The van der Waals surface area contributed by atoms with Crippen LogP contribution < -0.4 is 5.32 Å². The lowest BCUT2D eigenvalue weighted by molar-refractivity contribution is 0.462. The zero-order valence-electron chi connectivity index (χ0n) is 13.4. The maximum atomic E-state index is 12.7. The minimum absolute atomic E-state index is 0.402. The lowest BCUT2D eigenvalue weighted by atomic mass is 10.1. The number of benzene rings is 1. The number of aryl methyl sites for hydroxylation is 2. The molecule has 21 heavy (non-hydrogen) atoms. The van der Waals surface area contributed by atoms with E-state index in [0.29, 0.717) is 18.0 Å². The molecule has 5 heteroatoms. The summed E-state index contributed by atoms with van der Waals surface area (Å²) in [4.78, 5) is 0.402. The van der Waals surface area contributed by atoms with Gasteiger partial charge in [-0.15, -0.1) is 6.58 Å². The van der Waals surface area contributed by atoms with Crippen molar-refractivity contribution in [2.45, 2.75) is 38.1 Å². The average Bonchev–Trinajstić information content (AvgIpc) is 2.41. The minimum atomic E-state index is -3.44. The molecule has 1 N–H and O–H groups in total. The van der Waals surface area contributed by atoms with Crippen molar-refractivity contribution in [3.63, 3.8) is 0 Å². The fourth-order valence-electron chi connectivity index (χ4n) is 2.28. The molecule has 0 aliphatic rings. The number of hydrogen-bond acceptors (Lipinski definition) is 3. The molecule has 0 radical (unpaired) electrons. The van der Waals surface area contributed by atoms with E-state index in [1.807, 2.05) is 33.0 Å². The second-order valence-electron chi connectivity index (χ2n) is 5.33. The first-order valence-corrected chi connectivity index (χ1v) is 8.60. The number of nitrogens with one attached hydrogen (secondary N) is 1. The van der Waals surface area contributed by atoms with Crippen LogP contribution in [0.25, 0.3) is 0 Å². The monoisotopic (exact) mass is 310 g/mol. The summed E-state index contributed by atoms with van der Waals surface area (Å²) in [6.45, 7) is 8.68. The fourth-order valence-corrected chi connectivity index (χ4v) is 3.74. The third-order valence-electron chi connectivity index (χ3n) is 3.57. The summed E-state index contributed by atoms with van der Waals surface area (Å²) in [5.74, 6) is 0. The second kappa shape index (κ2) is 7.73. The zero-order chi connectivity index (χ0) is 16.0. The third kappa shape index (κ3) is 4.40. The van der Waals surface area contributed by atoms with Crippen LogP contribution >= 0.6 is 0 Å². The molecule has 0 fully saturated rings. The average molecular weight is 310 g/mol. The molecule has 0 unspecified atom stereocenters. The van der Waals surface area contributed by atoms with Gasteiger partial charge in [0, 0.05) is 20.1 Å². The molecular weight excluding hydrogens is 284 g/mol. The number of hydrogen-bond donors (Lipinski definition) is 1. The summed E-state index contributed by atoms with van der Waals surface area (Å²) in [6, 6.07) is 3.73. The van der Waals surface area contributed by atoms with Crippen LogP contribution in [0, 0.1) is 13.8 Å². The predicted octanol–water partition coefficient (Wildman–Crippen LogP) is 2.61. The Morgan fingerprint density at radius 2 is 1.95 bits per heavy atom. The highest BCUT2D eigenvalue weighted by Crippen LogP contribution is 2.23. The highest BCUT2D eigenvalue weighted by atomic mass is 32.2. The number of unbranched alkanes of at least 4 members (excludes halogenated alkanes) is 1. The molecule has 1 rings (SSSR count). The number of rotatable bonds is 8. The first-order chi connectivity index (χ1) is 9.84. The molecule has 0 amide bonds. The topological polar surface area (TPSA) is 49.4 Å². The van der Waals surface area contributed by atoms with Gasteiger partial charge in [-0.3, -0.25) is 0 Å². The minimum Gasteiger partial charge on any atom is -0.316 e. The second-order valence-corrected chi connectivity index (χ2v) is 7.35. The smallest absolute Gasteiger partial charge is 0.243 e. The van der Waals surface area contributed by atoms with Crippen LogP contribution in [-0.4, -0.2) is 33.4 Å². The van der Waals surface area contributed by atoms with Gasteiger partial charge in [-0.2, -0.15) is 0 Å². The van der Waals surface area contributed by atoms with Gasteiger partial charge in [0.1, 0.15) is 0 Å². The Bertz CT molecular complexity index is 595. The van der Waals surface area contributed by atoms with Gasteiger partial charge >= 0.3 is 0 Å². The van der Waals surface area contributed by atoms with Gasteiger partial charge < -0.3 is 5.32 Å². The van der Waals surface area contributed by atoms with E-state index < -0.39 is 10.0 Å². The summed E-state index contributed by atoms with van der Waals surface area (Å²) < 4.78 is 26.8. The molecule has 0 aliphatic carbocycles. The Morgan fingerprint density at radius 1 is 1.29 bits per heavy atom. The Labute approximate surface area is 128 Å². The summed E-state index contributed by atoms with van der Waals surface area (Å²) in [5, 5.41) is 3.07. The standard InChI is InChI=1S/C16H26N2O2S/c1-6-7-8-9-18(5)21(19,20)16-11-15(12-17-4)13(2)10-14(16)3/h6,10-11,17H,1,7-9,12H2,2-5H3. The van der Waals surface area contributed by atoms with E-state index >= 15 is 0 Å². The van der Waals surface area contributed by atoms with Crippen LogP contribution in [0.3, 0.4) is 0 Å². The summed E-state index contributed by atoms with van der Waals surface area (Å²) in [7, 11) is 0.0540. The highest BCUT2D eigenvalue weighted by molar-refractivity contribution is 7.89. The van der Waals surface area contributed by atoms with E-state index in [4.69, 9.17) is 0 Å². The van der Waals surface area contributed by atoms with Gasteiger partial charge in [0.15, 0.2) is 0 Å². The van der Waals surface area contributed by atoms with Crippen molar-refractivity contribution in [3.8, 4) is 0 Å². The molecule has 0 saturated carbocycles. The first-order valence-electron chi connectivity index (χ1n) is 7.16. The van der Waals surface area contributed by atoms with Crippen LogP contribution in [0.2, 0.25) is 0 Å². The van der Waals surface area contributed by atoms with Crippen molar-refractivity contribution in [2.24, 2.45) is 0 Å². The van der Waals surface area contributed by atoms with Crippen LogP contribution in [-0.2, 0) is 16.6 Å². The lowest BCUT2D eigenvalue weighted by Gasteiger charge is -2.20. The van der Waals surface area contributed by atoms with Gasteiger partial charge in [0.2, 0.25) is 10.0 Å². The molecule has 4 nitrogen and oxygen atoms in total. The van der Waals surface area contributed by atoms with Crippen LogP contribution in [0.5, 0.6) is 0 Å². The molecule has 0 heterocycles. The quantitative estimate of drug-likeness (QED) is 0.593. The van der Waals surface area contributed by atoms with Gasteiger partial charge in [-0.05, 0) is 56.5 Å². The maximum absolute atomic E-state index is 12.7. The van der Waals surface area contributed by atoms with E-state index in [9.17, 15) is 8.42 Å². The molecule has 118 valence electrons. The van der Waals surface area contributed by atoms with Crippen LogP contribution in [0.4, 0.5) is 0 Å². The van der Waals surface area contributed by atoms with Crippen molar-refractivity contribution < 1.29 is 8.42 Å². The van der Waals surface area contributed by atoms with E-state index in [1.54, 1.807) is 13.1 Å². The molecule has 0 saturated heterocycles. The molecule has 0 aliphatic heterocycles.